The summed E-state index contributed by atoms with van der Waals surface area (Å²) in [6.45, 7) is 3.50. The molecule has 2 aromatic carbocycles. The summed E-state index contributed by atoms with van der Waals surface area (Å²) in [7, 11) is 0. The standard InChI is InChI=1S/C19H21FN2O2/c1-13-7-9-15(10-8-13)18(22-14(2)23)11-19(24)21-12-16-5-3-4-6-17(16)20/h3-10,18H,11-12H2,1-2H3,(H,21,24)(H,22,23). The number of aryl methyl sites for hydroxylation is 1. The molecule has 0 saturated carbocycles. The van der Waals surface area contributed by atoms with E-state index in [1.807, 2.05) is 31.2 Å². The van der Waals surface area contributed by atoms with Gasteiger partial charge in [0.1, 0.15) is 5.82 Å². The van der Waals surface area contributed by atoms with Crippen LogP contribution in [0.2, 0.25) is 0 Å². The molecule has 2 N–H and O–H groups in total. The van der Waals surface area contributed by atoms with Gasteiger partial charge < -0.3 is 10.6 Å². The van der Waals surface area contributed by atoms with Gasteiger partial charge in [0, 0.05) is 19.0 Å². The maximum absolute atomic E-state index is 13.6. The average molecular weight is 328 g/mol. The first-order chi connectivity index (χ1) is 11.5. The van der Waals surface area contributed by atoms with Crippen molar-refractivity contribution < 1.29 is 14.0 Å². The number of benzene rings is 2. The van der Waals surface area contributed by atoms with Gasteiger partial charge in [0.25, 0.3) is 0 Å². The van der Waals surface area contributed by atoms with Crippen molar-refractivity contribution in [2.24, 2.45) is 0 Å². The van der Waals surface area contributed by atoms with Gasteiger partial charge in [-0.1, -0.05) is 48.0 Å². The van der Waals surface area contributed by atoms with Crippen LogP contribution in [0.5, 0.6) is 0 Å². The number of carbonyl (C=O) groups excluding carboxylic acids is 2. The molecule has 0 aliphatic heterocycles. The van der Waals surface area contributed by atoms with Gasteiger partial charge in [-0.05, 0) is 18.6 Å². The predicted molar refractivity (Wildman–Crippen MR) is 90.6 cm³/mol. The molecule has 0 saturated heterocycles. The highest BCUT2D eigenvalue weighted by Gasteiger charge is 2.17. The van der Waals surface area contributed by atoms with E-state index in [2.05, 4.69) is 10.6 Å². The Hall–Kier alpha value is -2.69. The zero-order chi connectivity index (χ0) is 17.5. The Kier molecular flexibility index (Phi) is 6.07. The first kappa shape index (κ1) is 17.7. The van der Waals surface area contributed by atoms with Crippen molar-refractivity contribution in [3.05, 3.63) is 71.0 Å². The molecule has 2 rings (SSSR count). The minimum atomic E-state index is -0.413. The summed E-state index contributed by atoms with van der Waals surface area (Å²) >= 11 is 0. The van der Waals surface area contributed by atoms with Crippen molar-refractivity contribution >= 4 is 11.8 Å². The molecule has 126 valence electrons. The monoisotopic (exact) mass is 328 g/mol. The number of hydrogen-bond donors (Lipinski definition) is 2. The van der Waals surface area contributed by atoms with Gasteiger partial charge in [0.2, 0.25) is 11.8 Å². The lowest BCUT2D eigenvalue weighted by Gasteiger charge is -2.18. The molecular weight excluding hydrogens is 307 g/mol. The van der Waals surface area contributed by atoms with Crippen LogP contribution >= 0.6 is 0 Å². The van der Waals surface area contributed by atoms with Crippen molar-refractivity contribution in [2.45, 2.75) is 32.9 Å². The summed E-state index contributed by atoms with van der Waals surface area (Å²) < 4.78 is 13.6. The normalized spacial score (nSPS) is 11.6. The van der Waals surface area contributed by atoms with E-state index in [9.17, 15) is 14.0 Å². The van der Waals surface area contributed by atoms with Gasteiger partial charge >= 0.3 is 0 Å². The van der Waals surface area contributed by atoms with Gasteiger partial charge in [-0.3, -0.25) is 9.59 Å². The van der Waals surface area contributed by atoms with Gasteiger partial charge in [0.15, 0.2) is 0 Å². The zero-order valence-electron chi connectivity index (χ0n) is 13.8. The van der Waals surface area contributed by atoms with Crippen molar-refractivity contribution in [1.82, 2.24) is 10.6 Å². The Bertz CT molecular complexity index is 714. The molecule has 0 fully saturated rings. The van der Waals surface area contributed by atoms with E-state index >= 15 is 0 Å². The number of halogens is 1. The first-order valence-corrected chi connectivity index (χ1v) is 7.79. The molecular formula is C19H21FN2O2. The van der Waals surface area contributed by atoms with E-state index < -0.39 is 6.04 Å². The van der Waals surface area contributed by atoms with Crippen molar-refractivity contribution in [3.63, 3.8) is 0 Å². The minimum absolute atomic E-state index is 0.0943. The van der Waals surface area contributed by atoms with Crippen molar-refractivity contribution in [2.75, 3.05) is 0 Å². The highest BCUT2D eigenvalue weighted by atomic mass is 19.1. The lowest BCUT2D eigenvalue weighted by Crippen LogP contribution is -2.32. The molecule has 0 bridgehead atoms. The Morgan fingerprint density at radius 2 is 1.75 bits per heavy atom. The lowest BCUT2D eigenvalue weighted by atomic mass is 10.0. The Morgan fingerprint density at radius 3 is 2.38 bits per heavy atom. The second-order valence-electron chi connectivity index (χ2n) is 5.74. The molecule has 4 nitrogen and oxygen atoms in total. The largest absolute Gasteiger partial charge is 0.352 e. The fourth-order valence-corrected chi connectivity index (χ4v) is 2.39. The molecule has 2 amide bonds. The van der Waals surface area contributed by atoms with Crippen LogP contribution < -0.4 is 10.6 Å². The number of rotatable bonds is 6. The minimum Gasteiger partial charge on any atom is -0.352 e. The van der Waals surface area contributed by atoms with Crippen LogP contribution in [0.3, 0.4) is 0 Å². The zero-order valence-corrected chi connectivity index (χ0v) is 13.8. The topological polar surface area (TPSA) is 58.2 Å². The van der Waals surface area contributed by atoms with Crippen LogP contribution in [0, 0.1) is 12.7 Å². The fraction of sp³-hybridized carbons (Fsp3) is 0.263. The SMILES string of the molecule is CC(=O)NC(CC(=O)NCc1ccccc1F)c1ccc(C)cc1. The molecule has 0 spiro atoms. The smallest absolute Gasteiger partial charge is 0.222 e. The molecule has 0 heterocycles. The number of carbonyl (C=O) groups is 2. The van der Waals surface area contributed by atoms with Crippen LogP contribution in [-0.4, -0.2) is 11.8 Å². The third-order valence-electron chi connectivity index (χ3n) is 3.68. The Labute approximate surface area is 141 Å². The second-order valence-corrected chi connectivity index (χ2v) is 5.74. The van der Waals surface area contributed by atoms with Crippen molar-refractivity contribution in [1.29, 1.82) is 0 Å². The van der Waals surface area contributed by atoms with Gasteiger partial charge in [-0.15, -0.1) is 0 Å². The quantitative estimate of drug-likeness (QED) is 0.856. The maximum atomic E-state index is 13.6. The Morgan fingerprint density at radius 1 is 1.08 bits per heavy atom. The number of amides is 2. The molecule has 2 aromatic rings. The van der Waals surface area contributed by atoms with E-state index in [1.54, 1.807) is 18.2 Å². The third kappa shape index (κ3) is 5.19. The molecule has 1 atom stereocenters. The summed E-state index contributed by atoms with van der Waals surface area (Å²) in [5, 5.41) is 5.48. The van der Waals surface area contributed by atoms with Crippen LogP contribution in [0.25, 0.3) is 0 Å². The van der Waals surface area contributed by atoms with Crippen LogP contribution in [0.15, 0.2) is 48.5 Å². The van der Waals surface area contributed by atoms with Gasteiger partial charge in [-0.2, -0.15) is 0 Å². The van der Waals surface area contributed by atoms with Crippen LogP contribution in [0.4, 0.5) is 4.39 Å². The summed E-state index contributed by atoms with van der Waals surface area (Å²) in [6.07, 6.45) is 0.0943. The van der Waals surface area contributed by atoms with Crippen molar-refractivity contribution in [3.8, 4) is 0 Å². The molecule has 24 heavy (non-hydrogen) atoms. The summed E-state index contributed by atoms with van der Waals surface area (Å²) in [6, 6.07) is 13.5. The van der Waals surface area contributed by atoms with Crippen LogP contribution in [-0.2, 0) is 16.1 Å². The molecule has 0 aliphatic rings. The number of nitrogens with one attached hydrogen (secondary N) is 2. The maximum Gasteiger partial charge on any atom is 0.222 e. The van der Waals surface area contributed by atoms with E-state index in [-0.39, 0.29) is 30.6 Å². The highest BCUT2D eigenvalue weighted by Crippen LogP contribution is 2.18. The van der Waals surface area contributed by atoms with E-state index in [1.165, 1.54) is 13.0 Å². The van der Waals surface area contributed by atoms with E-state index in [0.717, 1.165) is 11.1 Å². The lowest BCUT2D eigenvalue weighted by molar-refractivity contribution is -0.122. The first-order valence-electron chi connectivity index (χ1n) is 7.79. The molecule has 0 radical (unpaired) electrons. The van der Waals surface area contributed by atoms with E-state index in [4.69, 9.17) is 0 Å². The Balaban J connectivity index is 2.00. The van der Waals surface area contributed by atoms with Crippen LogP contribution in [0.1, 0.15) is 36.1 Å². The highest BCUT2D eigenvalue weighted by molar-refractivity contribution is 5.79. The molecule has 1 unspecified atom stereocenters. The average Bonchev–Trinajstić information content (AvgIpc) is 2.54. The predicted octanol–water partition coefficient (Wildman–Crippen LogP) is 3.02. The summed E-state index contributed by atoms with van der Waals surface area (Å²) in [5.74, 6) is -0.810. The number of hydrogen-bond acceptors (Lipinski definition) is 2. The second kappa shape index (κ2) is 8.24. The molecule has 0 aromatic heterocycles. The third-order valence-corrected chi connectivity index (χ3v) is 3.68. The molecule has 5 heteroatoms. The van der Waals surface area contributed by atoms with Gasteiger partial charge in [0.05, 0.1) is 12.5 Å². The summed E-state index contributed by atoms with van der Waals surface area (Å²) in [4.78, 5) is 23.6. The van der Waals surface area contributed by atoms with Gasteiger partial charge in [-0.25, -0.2) is 4.39 Å². The fourth-order valence-electron chi connectivity index (χ4n) is 2.39. The molecule has 0 aliphatic carbocycles. The van der Waals surface area contributed by atoms with E-state index in [0.29, 0.717) is 5.56 Å². The summed E-state index contributed by atoms with van der Waals surface area (Å²) in [5.41, 5.74) is 2.39.